The lowest BCUT2D eigenvalue weighted by atomic mass is 10.1. The summed E-state index contributed by atoms with van der Waals surface area (Å²) in [5.74, 6) is 0.544. The number of H-pyrrole nitrogens is 1. The Bertz CT molecular complexity index is 1100. The van der Waals surface area contributed by atoms with Gasteiger partial charge < -0.3 is 5.32 Å². The Hall–Kier alpha value is -2.83. The van der Waals surface area contributed by atoms with E-state index in [2.05, 4.69) is 15.2 Å². The van der Waals surface area contributed by atoms with E-state index >= 15 is 0 Å². The van der Waals surface area contributed by atoms with Gasteiger partial charge in [-0.2, -0.15) is 0 Å². The van der Waals surface area contributed by atoms with E-state index in [-0.39, 0.29) is 5.56 Å². The Balaban J connectivity index is 1.71. The molecule has 0 fully saturated rings. The number of aromatic amines is 1. The minimum atomic E-state index is -0.449. The summed E-state index contributed by atoms with van der Waals surface area (Å²) in [6.45, 7) is 3.52. The van der Waals surface area contributed by atoms with Crippen LogP contribution in [0.1, 0.15) is 16.7 Å². The summed E-state index contributed by atoms with van der Waals surface area (Å²) in [6.07, 6.45) is 0. The number of halogens is 1. The summed E-state index contributed by atoms with van der Waals surface area (Å²) in [7, 11) is 0. The van der Waals surface area contributed by atoms with Crippen LogP contribution in [-0.4, -0.2) is 21.1 Å². The maximum Gasteiger partial charge on any atom is 0.334 e. The van der Waals surface area contributed by atoms with Crippen LogP contribution >= 0.6 is 11.6 Å². The van der Waals surface area contributed by atoms with Crippen LogP contribution in [0.25, 0.3) is 5.69 Å². The van der Waals surface area contributed by atoms with Crippen molar-refractivity contribution in [2.24, 2.45) is 0 Å². The Morgan fingerprint density at radius 1 is 1.07 bits per heavy atom. The van der Waals surface area contributed by atoms with E-state index in [0.29, 0.717) is 41.8 Å². The van der Waals surface area contributed by atoms with Gasteiger partial charge in [-0.3, -0.25) is 14.7 Å². The summed E-state index contributed by atoms with van der Waals surface area (Å²) < 4.78 is 1.52. The standard InChI is InChI=1S/C20H19ClN4O2/c1-13-6-8-15(9-7-13)25-18-16(19(26)23-20(25)27)11-24(12-22-18)10-14-4-2-3-5-17(14)21/h2-9,22H,10-12H2,1H3,(H,23,26,27). The van der Waals surface area contributed by atoms with E-state index in [0.717, 1.165) is 11.1 Å². The first-order chi connectivity index (χ1) is 13.0. The van der Waals surface area contributed by atoms with Crippen molar-refractivity contribution >= 4 is 17.4 Å². The highest BCUT2D eigenvalue weighted by atomic mass is 35.5. The van der Waals surface area contributed by atoms with E-state index in [4.69, 9.17) is 11.6 Å². The smallest absolute Gasteiger partial charge is 0.334 e. The predicted molar refractivity (Wildman–Crippen MR) is 107 cm³/mol. The number of aromatic nitrogens is 2. The second-order valence-corrected chi connectivity index (χ2v) is 7.08. The molecule has 4 rings (SSSR count). The largest absolute Gasteiger partial charge is 0.358 e. The molecule has 1 aromatic heterocycles. The van der Waals surface area contributed by atoms with Crippen LogP contribution in [0.3, 0.4) is 0 Å². The highest BCUT2D eigenvalue weighted by molar-refractivity contribution is 6.31. The number of hydrogen-bond acceptors (Lipinski definition) is 4. The van der Waals surface area contributed by atoms with Crippen LogP contribution < -0.4 is 16.6 Å². The second-order valence-electron chi connectivity index (χ2n) is 6.67. The molecule has 0 saturated heterocycles. The van der Waals surface area contributed by atoms with Crippen LogP contribution in [0.15, 0.2) is 58.1 Å². The number of hydrogen-bond donors (Lipinski definition) is 2. The minimum Gasteiger partial charge on any atom is -0.358 e. The van der Waals surface area contributed by atoms with E-state index in [9.17, 15) is 9.59 Å². The lowest BCUT2D eigenvalue weighted by Crippen LogP contribution is -2.42. The molecule has 0 bridgehead atoms. The Labute approximate surface area is 161 Å². The third-order valence-electron chi connectivity index (χ3n) is 4.70. The molecule has 2 aromatic carbocycles. The zero-order valence-electron chi connectivity index (χ0n) is 14.8. The molecule has 0 aliphatic carbocycles. The van der Waals surface area contributed by atoms with Crippen molar-refractivity contribution < 1.29 is 0 Å². The van der Waals surface area contributed by atoms with Gasteiger partial charge in [0.25, 0.3) is 5.56 Å². The molecular weight excluding hydrogens is 364 g/mol. The van der Waals surface area contributed by atoms with E-state index in [1.54, 1.807) is 0 Å². The highest BCUT2D eigenvalue weighted by Gasteiger charge is 2.23. The van der Waals surface area contributed by atoms with E-state index in [1.807, 2.05) is 55.5 Å². The number of nitrogens with one attached hydrogen (secondary N) is 2. The first kappa shape index (κ1) is 17.6. The normalized spacial score (nSPS) is 13.9. The van der Waals surface area contributed by atoms with Gasteiger partial charge in [0.1, 0.15) is 5.82 Å². The molecule has 3 aromatic rings. The molecule has 27 heavy (non-hydrogen) atoms. The zero-order valence-corrected chi connectivity index (χ0v) is 15.6. The summed E-state index contributed by atoms with van der Waals surface area (Å²) in [4.78, 5) is 29.4. The molecule has 0 unspecified atom stereocenters. The monoisotopic (exact) mass is 382 g/mol. The highest BCUT2D eigenvalue weighted by Crippen LogP contribution is 2.24. The molecule has 1 aliphatic rings. The lowest BCUT2D eigenvalue weighted by Gasteiger charge is -2.31. The van der Waals surface area contributed by atoms with Crippen molar-refractivity contribution in [1.82, 2.24) is 14.5 Å². The van der Waals surface area contributed by atoms with Gasteiger partial charge in [-0.05, 0) is 30.7 Å². The van der Waals surface area contributed by atoms with Gasteiger partial charge >= 0.3 is 5.69 Å². The van der Waals surface area contributed by atoms with Crippen LogP contribution in [-0.2, 0) is 13.1 Å². The number of benzene rings is 2. The summed E-state index contributed by atoms with van der Waals surface area (Å²) in [6, 6.07) is 15.3. The maximum atomic E-state index is 12.5. The summed E-state index contributed by atoms with van der Waals surface area (Å²) in [5.41, 5.74) is 2.53. The zero-order chi connectivity index (χ0) is 19.0. The molecule has 7 heteroatoms. The predicted octanol–water partition coefficient (Wildman–Crippen LogP) is 2.87. The summed E-state index contributed by atoms with van der Waals surface area (Å²) >= 11 is 6.25. The van der Waals surface area contributed by atoms with Gasteiger partial charge in [-0.15, -0.1) is 0 Å². The first-order valence-electron chi connectivity index (χ1n) is 8.68. The van der Waals surface area contributed by atoms with Crippen molar-refractivity contribution in [3.05, 3.63) is 91.1 Å². The van der Waals surface area contributed by atoms with Gasteiger partial charge in [0.05, 0.1) is 17.9 Å². The quantitative estimate of drug-likeness (QED) is 0.730. The van der Waals surface area contributed by atoms with Gasteiger partial charge in [0.15, 0.2) is 0 Å². The van der Waals surface area contributed by atoms with E-state index < -0.39 is 5.69 Å². The number of nitrogens with zero attached hydrogens (tertiary/aromatic N) is 2. The number of aryl methyl sites for hydroxylation is 1. The van der Waals surface area contributed by atoms with E-state index in [1.165, 1.54) is 4.57 Å². The third kappa shape index (κ3) is 3.41. The van der Waals surface area contributed by atoms with Gasteiger partial charge in [-0.25, -0.2) is 9.36 Å². The fourth-order valence-corrected chi connectivity index (χ4v) is 3.49. The van der Waals surface area contributed by atoms with Gasteiger partial charge in [-0.1, -0.05) is 47.5 Å². The number of fused-ring (bicyclic) bond motifs is 1. The van der Waals surface area contributed by atoms with Crippen molar-refractivity contribution in [1.29, 1.82) is 0 Å². The van der Waals surface area contributed by atoms with Crippen molar-refractivity contribution in [2.75, 3.05) is 12.0 Å². The summed E-state index contributed by atoms with van der Waals surface area (Å²) in [5, 5.41) is 3.94. The first-order valence-corrected chi connectivity index (χ1v) is 9.05. The molecule has 6 nitrogen and oxygen atoms in total. The number of rotatable bonds is 3. The van der Waals surface area contributed by atoms with Crippen LogP contribution in [0.4, 0.5) is 5.82 Å². The molecule has 2 heterocycles. The minimum absolute atomic E-state index is 0.366. The second kappa shape index (κ2) is 7.06. The van der Waals surface area contributed by atoms with Gasteiger partial charge in [0.2, 0.25) is 0 Å². The molecule has 1 aliphatic heterocycles. The molecule has 0 saturated carbocycles. The molecule has 0 spiro atoms. The number of anilines is 1. The molecular formula is C20H19ClN4O2. The fourth-order valence-electron chi connectivity index (χ4n) is 3.29. The lowest BCUT2D eigenvalue weighted by molar-refractivity contribution is 0.263. The van der Waals surface area contributed by atoms with Crippen LogP contribution in [0.5, 0.6) is 0 Å². The van der Waals surface area contributed by atoms with Crippen LogP contribution in [0, 0.1) is 6.92 Å². The Kier molecular flexibility index (Phi) is 4.59. The topological polar surface area (TPSA) is 70.1 Å². The molecule has 138 valence electrons. The maximum absolute atomic E-state index is 12.5. The molecule has 2 N–H and O–H groups in total. The average Bonchev–Trinajstić information content (AvgIpc) is 2.65. The van der Waals surface area contributed by atoms with Crippen molar-refractivity contribution in [3.8, 4) is 5.69 Å². The Morgan fingerprint density at radius 2 is 1.81 bits per heavy atom. The average molecular weight is 383 g/mol. The molecule has 0 radical (unpaired) electrons. The van der Waals surface area contributed by atoms with Crippen molar-refractivity contribution in [2.45, 2.75) is 20.0 Å². The third-order valence-corrected chi connectivity index (χ3v) is 5.07. The van der Waals surface area contributed by atoms with Crippen LogP contribution in [0.2, 0.25) is 5.02 Å². The SMILES string of the molecule is Cc1ccc(-n2c3c(c(=O)[nH]c2=O)CN(Cc2ccccc2Cl)CN3)cc1. The molecule has 0 amide bonds. The van der Waals surface area contributed by atoms with Crippen molar-refractivity contribution in [3.63, 3.8) is 0 Å². The fraction of sp³-hybridized carbons (Fsp3) is 0.200. The molecule has 0 atom stereocenters. The Morgan fingerprint density at radius 3 is 2.56 bits per heavy atom. The van der Waals surface area contributed by atoms with Gasteiger partial charge in [0, 0.05) is 18.1 Å².